The molecule has 0 bridgehead atoms. The van der Waals surface area contributed by atoms with E-state index in [-0.39, 0.29) is 17.4 Å². The number of rotatable bonds is 8. The third kappa shape index (κ3) is 4.52. The second-order valence-electron chi connectivity index (χ2n) is 5.76. The van der Waals surface area contributed by atoms with Crippen molar-refractivity contribution < 1.29 is 9.72 Å². The van der Waals surface area contributed by atoms with E-state index in [1.807, 2.05) is 35.1 Å². The fraction of sp³-hybridized carbons (Fsp3) is 0.235. The summed E-state index contributed by atoms with van der Waals surface area (Å²) in [6, 6.07) is 10.4. The lowest BCUT2D eigenvalue weighted by molar-refractivity contribution is -0.384. The van der Waals surface area contributed by atoms with Gasteiger partial charge in [0.2, 0.25) is 5.91 Å². The molecule has 1 atom stereocenters. The first-order valence-corrected chi connectivity index (χ1v) is 9.88. The summed E-state index contributed by atoms with van der Waals surface area (Å²) in [6.45, 7) is 2.32. The SMILES string of the molecule is CC(Sc1nnc(-c2cccs2)n1CCC(N)=O)c1cccc([N+](=O)[O-])c1. The number of benzene rings is 1. The number of nitro groups is 1. The van der Waals surface area contributed by atoms with Crippen molar-refractivity contribution in [2.45, 2.75) is 30.3 Å². The molecule has 2 aromatic heterocycles. The number of aromatic nitrogens is 3. The van der Waals surface area contributed by atoms with Crippen LogP contribution in [-0.4, -0.2) is 25.6 Å². The third-order valence-electron chi connectivity index (χ3n) is 3.87. The van der Waals surface area contributed by atoms with Gasteiger partial charge in [-0.1, -0.05) is 30.0 Å². The van der Waals surface area contributed by atoms with E-state index in [4.69, 9.17) is 5.73 Å². The maximum atomic E-state index is 11.2. The van der Waals surface area contributed by atoms with Gasteiger partial charge < -0.3 is 10.3 Å². The zero-order chi connectivity index (χ0) is 19.4. The highest BCUT2D eigenvalue weighted by Crippen LogP contribution is 2.37. The van der Waals surface area contributed by atoms with E-state index >= 15 is 0 Å². The number of nitrogens with zero attached hydrogens (tertiary/aromatic N) is 4. The van der Waals surface area contributed by atoms with Crippen molar-refractivity contribution >= 4 is 34.7 Å². The lowest BCUT2D eigenvalue weighted by Gasteiger charge is -2.13. The summed E-state index contributed by atoms with van der Waals surface area (Å²) in [5, 5.41) is 22.0. The molecule has 1 amide bonds. The molecule has 0 saturated heterocycles. The summed E-state index contributed by atoms with van der Waals surface area (Å²) in [4.78, 5) is 22.8. The van der Waals surface area contributed by atoms with Crippen molar-refractivity contribution in [2.24, 2.45) is 5.73 Å². The molecule has 0 aliphatic carbocycles. The second-order valence-corrected chi connectivity index (χ2v) is 8.02. The van der Waals surface area contributed by atoms with E-state index in [1.54, 1.807) is 12.1 Å². The average molecular weight is 403 g/mol. The predicted molar refractivity (Wildman–Crippen MR) is 105 cm³/mol. The average Bonchev–Trinajstić information content (AvgIpc) is 3.29. The largest absolute Gasteiger partial charge is 0.370 e. The zero-order valence-corrected chi connectivity index (χ0v) is 16.1. The monoisotopic (exact) mass is 403 g/mol. The van der Waals surface area contributed by atoms with Crippen molar-refractivity contribution in [3.05, 3.63) is 57.5 Å². The molecule has 2 heterocycles. The summed E-state index contributed by atoms with van der Waals surface area (Å²) in [6.07, 6.45) is 0.176. The summed E-state index contributed by atoms with van der Waals surface area (Å²) >= 11 is 2.97. The van der Waals surface area contributed by atoms with Crippen LogP contribution in [0.15, 0.2) is 46.9 Å². The van der Waals surface area contributed by atoms with Crippen LogP contribution in [0.25, 0.3) is 10.7 Å². The molecule has 3 aromatic rings. The maximum absolute atomic E-state index is 11.2. The van der Waals surface area contributed by atoms with Crippen molar-refractivity contribution in [2.75, 3.05) is 0 Å². The Morgan fingerprint density at radius 2 is 2.19 bits per heavy atom. The molecular formula is C17H17N5O3S2. The van der Waals surface area contributed by atoms with Crippen LogP contribution in [-0.2, 0) is 11.3 Å². The van der Waals surface area contributed by atoms with Crippen LogP contribution < -0.4 is 5.73 Å². The first-order chi connectivity index (χ1) is 13.0. The van der Waals surface area contributed by atoms with Crippen LogP contribution in [0.2, 0.25) is 0 Å². The molecule has 10 heteroatoms. The number of carbonyl (C=O) groups excluding carboxylic acids is 1. The van der Waals surface area contributed by atoms with Crippen LogP contribution >= 0.6 is 23.1 Å². The van der Waals surface area contributed by atoms with Crippen molar-refractivity contribution in [1.29, 1.82) is 0 Å². The van der Waals surface area contributed by atoms with Gasteiger partial charge in [0, 0.05) is 30.3 Å². The molecule has 27 heavy (non-hydrogen) atoms. The Morgan fingerprint density at radius 3 is 2.85 bits per heavy atom. The molecule has 0 radical (unpaired) electrons. The van der Waals surface area contributed by atoms with Gasteiger partial charge in [0.05, 0.1) is 9.80 Å². The maximum Gasteiger partial charge on any atom is 0.269 e. The van der Waals surface area contributed by atoms with Crippen LogP contribution in [0, 0.1) is 10.1 Å². The summed E-state index contributed by atoms with van der Waals surface area (Å²) < 4.78 is 1.87. The second kappa shape index (κ2) is 8.31. The number of amides is 1. The number of non-ortho nitro benzene ring substituents is 1. The lowest BCUT2D eigenvalue weighted by Crippen LogP contribution is -2.15. The van der Waals surface area contributed by atoms with Gasteiger partial charge in [0.25, 0.3) is 5.69 Å². The minimum absolute atomic E-state index is 0.0504. The zero-order valence-electron chi connectivity index (χ0n) is 14.4. The number of thioether (sulfide) groups is 1. The number of primary amides is 1. The van der Waals surface area contributed by atoms with Crippen LogP contribution in [0.4, 0.5) is 5.69 Å². The van der Waals surface area contributed by atoms with Crippen molar-refractivity contribution in [3.63, 3.8) is 0 Å². The lowest BCUT2D eigenvalue weighted by atomic mass is 10.1. The quantitative estimate of drug-likeness (QED) is 0.348. The molecule has 0 aliphatic rings. The number of hydrogen-bond donors (Lipinski definition) is 1. The molecule has 1 unspecified atom stereocenters. The Balaban J connectivity index is 1.88. The van der Waals surface area contributed by atoms with E-state index < -0.39 is 10.8 Å². The predicted octanol–water partition coefficient (Wildman–Crippen LogP) is 3.64. The Bertz CT molecular complexity index is 955. The molecular weight excluding hydrogens is 386 g/mol. The Morgan fingerprint density at radius 1 is 1.37 bits per heavy atom. The number of nitro benzene ring substituents is 1. The minimum Gasteiger partial charge on any atom is -0.370 e. The smallest absolute Gasteiger partial charge is 0.269 e. The van der Waals surface area contributed by atoms with Crippen molar-refractivity contribution in [1.82, 2.24) is 14.8 Å². The van der Waals surface area contributed by atoms with Crippen LogP contribution in [0.3, 0.4) is 0 Å². The van der Waals surface area contributed by atoms with Gasteiger partial charge in [0.15, 0.2) is 11.0 Å². The Kier molecular flexibility index (Phi) is 5.87. The topological polar surface area (TPSA) is 117 Å². The molecule has 1 aromatic carbocycles. The summed E-state index contributed by atoms with van der Waals surface area (Å²) in [7, 11) is 0. The highest BCUT2D eigenvalue weighted by molar-refractivity contribution is 7.99. The van der Waals surface area contributed by atoms with Crippen LogP contribution in [0.1, 0.15) is 24.2 Å². The highest BCUT2D eigenvalue weighted by Gasteiger charge is 2.19. The normalized spacial score (nSPS) is 12.0. The summed E-state index contributed by atoms with van der Waals surface area (Å²) in [5.41, 5.74) is 6.17. The first-order valence-electron chi connectivity index (χ1n) is 8.12. The molecule has 3 rings (SSSR count). The van der Waals surface area contributed by atoms with Gasteiger partial charge in [-0.2, -0.15) is 0 Å². The molecule has 2 N–H and O–H groups in total. The number of thiophene rings is 1. The number of carbonyl (C=O) groups is 1. The van der Waals surface area contributed by atoms with Crippen LogP contribution in [0.5, 0.6) is 0 Å². The van der Waals surface area contributed by atoms with E-state index in [0.717, 1.165) is 10.4 Å². The fourth-order valence-electron chi connectivity index (χ4n) is 2.50. The molecule has 0 aliphatic heterocycles. The van der Waals surface area contributed by atoms with Crippen molar-refractivity contribution in [3.8, 4) is 10.7 Å². The summed E-state index contributed by atoms with van der Waals surface area (Å²) in [5.74, 6) is 0.281. The third-order valence-corrected chi connectivity index (χ3v) is 5.88. The van der Waals surface area contributed by atoms with E-state index in [1.165, 1.54) is 29.2 Å². The van der Waals surface area contributed by atoms with E-state index in [0.29, 0.717) is 17.5 Å². The number of nitrogens with two attached hydrogens (primary N) is 1. The molecule has 0 spiro atoms. The van der Waals surface area contributed by atoms with Gasteiger partial charge in [-0.25, -0.2) is 0 Å². The minimum atomic E-state index is -0.412. The van der Waals surface area contributed by atoms with Gasteiger partial charge in [-0.05, 0) is 23.9 Å². The van der Waals surface area contributed by atoms with E-state index in [2.05, 4.69) is 10.2 Å². The highest BCUT2D eigenvalue weighted by atomic mass is 32.2. The van der Waals surface area contributed by atoms with E-state index in [9.17, 15) is 14.9 Å². The first kappa shape index (κ1) is 19.1. The van der Waals surface area contributed by atoms with Gasteiger partial charge in [-0.3, -0.25) is 14.9 Å². The van der Waals surface area contributed by atoms with Gasteiger partial charge >= 0.3 is 0 Å². The van der Waals surface area contributed by atoms with Gasteiger partial charge in [0.1, 0.15) is 0 Å². The number of hydrogen-bond acceptors (Lipinski definition) is 7. The standard InChI is InChI=1S/C17H17N5O3S2/c1-11(12-4-2-5-13(10-12)22(24)25)27-17-20-19-16(14-6-3-9-26-14)21(17)8-7-15(18)23/h2-6,9-11H,7-8H2,1H3,(H2,18,23). The fourth-order valence-corrected chi connectivity index (χ4v) is 4.21. The molecule has 0 fully saturated rings. The Hall–Kier alpha value is -2.72. The van der Waals surface area contributed by atoms with Gasteiger partial charge in [-0.15, -0.1) is 21.5 Å². The Labute approximate surface area is 163 Å². The molecule has 140 valence electrons. The molecule has 0 saturated carbocycles. The molecule has 8 nitrogen and oxygen atoms in total.